The van der Waals surface area contributed by atoms with Gasteiger partial charge in [0.2, 0.25) is 5.91 Å². The summed E-state index contributed by atoms with van der Waals surface area (Å²) in [5.74, 6) is 0.644. The lowest BCUT2D eigenvalue weighted by Crippen LogP contribution is -2.43. The number of nitrogens with one attached hydrogen (secondary N) is 2. The minimum atomic E-state index is -0.00410. The molecule has 1 aliphatic rings. The van der Waals surface area contributed by atoms with Crippen LogP contribution in [0, 0.1) is 5.92 Å². The van der Waals surface area contributed by atoms with E-state index in [0.717, 1.165) is 32.2 Å². The first-order valence-corrected chi connectivity index (χ1v) is 7.85. The van der Waals surface area contributed by atoms with E-state index in [0.29, 0.717) is 5.92 Å². The Labute approximate surface area is 122 Å². The van der Waals surface area contributed by atoms with Gasteiger partial charge < -0.3 is 10.6 Å². The Morgan fingerprint density at radius 2 is 2.00 bits per heavy atom. The zero-order valence-electron chi connectivity index (χ0n) is 12.6. The van der Waals surface area contributed by atoms with Crippen LogP contribution >= 0.6 is 0 Å². The van der Waals surface area contributed by atoms with Gasteiger partial charge in [0.05, 0.1) is 12.1 Å². The van der Waals surface area contributed by atoms with Crippen LogP contribution in [0.1, 0.15) is 51.1 Å². The molecule has 0 aromatic heterocycles. The molecule has 2 N–H and O–H groups in total. The van der Waals surface area contributed by atoms with Crippen LogP contribution in [0.25, 0.3) is 0 Å². The summed E-state index contributed by atoms with van der Waals surface area (Å²) in [6.45, 7) is 5.35. The molecule has 1 saturated heterocycles. The average molecular weight is 274 g/mol. The van der Waals surface area contributed by atoms with Crippen LogP contribution in [0.3, 0.4) is 0 Å². The topological polar surface area (TPSA) is 41.1 Å². The standard InChI is InChI=1S/C17H26N2O/c1-3-13(4-2)16(14-9-6-5-7-10-14)19-17(20)15-11-8-12-18-15/h5-7,9-10,13,15-16,18H,3-4,8,11-12H2,1-2H3,(H,19,20). The summed E-state index contributed by atoms with van der Waals surface area (Å²) in [6, 6.07) is 10.5. The van der Waals surface area contributed by atoms with Gasteiger partial charge >= 0.3 is 0 Å². The van der Waals surface area contributed by atoms with Gasteiger partial charge in [0, 0.05) is 0 Å². The maximum absolute atomic E-state index is 12.4. The van der Waals surface area contributed by atoms with Crippen molar-refractivity contribution >= 4 is 5.91 Å². The Morgan fingerprint density at radius 1 is 1.30 bits per heavy atom. The van der Waals surface area contributed by atoms with Gasteiger partial charge in [0.25, 0.3) is 0 Å². The van der Waals surface area contributed by atoms with Crippen molar-refractivity contribution in [1.82, 2.24) is 10.6 Å². The molecule has 1 aromatic carbocycles. The van der Waals surface area contributed by atoms with E-state index in [1.807, 2.05) is 18.2 Å². The van der Waals surface area contributed by atoms with Crippen LogP contribution in [0.15, 0.2) is 30.3 Å². The molecule has 0 radical (unpaired) electrons. The van der Waals surface area contributed by atoms with Gasteiger partial charge in [-0.05, 0) is 30.9 Å². The maximum atomic E-state index is 12.4. The number of hydrogen-bond acceptors (Lipinski definition) is 2. The number of benzene rings is 1. The zero-order valence-corrected chi connectivity index (χ0v) is 12.6. The van der Waals surface area contributed by atoms with Gasteiger partial charge in [-0.2, -0.15) is 0 Å². The second kappa shape index (κ2) is 7.44. The summed E-state index contributed by atoms with van der Waals surface area (Å²) in [6.07, 6.45) is 4.21. The van der Waals surface area contributed by atoms with Crippen LogP contribution < -0.4 is 10.6 Å². The average Bonchev–Trinajstić information content (AvgIpc) is 3.02. The Bertz CT molecular complexity index is 408. The molecule has 0 saturated carbocycles. The summed E-state index contributed by atoms with van der Waals surface area (Å²) in [4.78, 5) is 12.4. The molecule has 3 heteroatoms. The van der Waals surface area contributed by atoms with Gasteiger partial charge in [0.1, 0.15) is 0 Å². The van der Waals surface area contributed by atoms with E-state index in [4.69, 9.17) is 0 Å². The summed E-state index contributed by atoms with van der Waals surface area (Å²) in [5.41, 5.74) is 1.22. The third-order valence-corrected chi connectivity index (χ3v) is 4.35. The van der Waals surface area contributed by atoms with E-state index in [1.165, 1.54) is 5.56 Å². The molecule has 2 rings (SSSR count). The lowest BCUT2D eigenvalue weighted by Gasteiger charge is -2.28. The van der Waals surface area contributed by atoms with Crippen molar-refractivity contribution in [3.8, 4) is 0 Å². The molecule has 2 unspecified atom stereocenters. The molecular formula is C17H26N2O. The van der Waals surface area contributed by atoms with Crippen molar-refractivity contribution in [1.29, 1.82) is 0 Å². The number of hydrogen-bond donors (Lipinski definition) is 2. The normalized spacial score (nSPS) is 20.1. The summed E-state index contributed by atoms with van der Waals surface area (Å²) >= 11 is 0. The van der Waals surface area contributed by atoms with Crippen molar-refractivity contribution in [2.75, 3.05) is 6.54 Å². The lowest BCUT2D eigenvalue weighted by atomic mass is 9.88. The molecule has 1 amide bonds. The number of rotatable bonds is 6. The van der Waals surface area contributed by atoms with Crippen molar-refractivity contribution in [2.45, 2.75) is 51.6 Å². The molecule has 1 aliphatic heterocycles. The van der Waals surface area contributed by atoms with Gasteiger partial charge in [0.15, 0.2) is 0 Å². The molecule has 110 valence electrons. The summed E-state index contributed by atoms with van der Waals surface area (Å²) in [7, 11) is 0. The fourth-order valence-electron chi connectivity index (χ4n) is 3.06. The number of amides is 1. The molecule has 3 nitrogen and oxygen atoms in total. The van der Waals surface area contributed by atoms with Crippen LogP contribution in [-0.2, 0) is 4.79 Å². The highest BCUT2D eigenvalue weighted by Gasteiger charge is 2.27. The zero-order chi connectivity index (χ0) is 14.4. The van der Waals surface area contributed by atoms with Gasteiger partial charge in [-0.25, -0.2) is 0 Å². The fraction of sp³-hybridized carbons (Fsp3) is 0.588. The van der Waals surface area contributed by atoms with Crippen LogP contribution in [0.2, 0.25) is 0 Å². The largest absolute Gasteiger partial charge is 0.348 e. The van der Waals surface area contributed by atoms with Gasteiger partial charge in [-0.3, -0.25) is 4.79 Å². The molecule has 0 bridgehead atoms. The number of carbonyl (C=O) groups is 1. The lowest BCUT2D eigenvalue weighted by molar-refractivity contribution is -0.124. The Balaban J connectivity index is 2.12. The predicted molar refractivity (Wildman–Crippen MR) is 82.4 cm³/mol. The van der Waals surface area contributed by atoms with E-state index >= 15 is 0 Å². The van der Waals surface area contributed by atoms with Crippen LogP contribution in [0.5, 0.6) is 0 Å². The van der Waals surface area contributed by atoms with Crippen LogP contribution in [-0.4, -0.2) is 18.5 Å². The highest BCUT2D eigenvalue weighted by molar-refractivity contribution is 5.82. The quantitative estimate of drug-likeness (QED) is 0.837. The highest BCUT2D eigenvalue weighted by atomic mass is 16.2. The third-order valence-electron chi connectivity index (χ3n) is 4.35. The maximum Gasteiger partial charge on any atom is 0.237 e. The van der Waals surface area contributed by atoms with Crippen molar-refractivity contribution in [3.05, 3.63) is 35.9 Å². The molecule has 20 heavy (non-hydrogen) atoms. The second-order valence-corrected chi connectivity index (χ2v) is 5.62. The molecule has 2 atom stereocenters. The Morgan fingerprint density at radius 3 is 2.55 bits per heavy atom. The highest BCUT2D eigenvalue weighted by Crippen LogP contribution is 2.27. The fourth-order valence-corrected chi connectivity index (χ4v) is 3.06. The van der Waals surface area contributed by atoms with Crippen LogP contribution in [0.4, 0.5) is 0 Å². The van der Waals surface area contributed by atoms with Crippen molar-refractivity contribution in [3.63, 3.8) is 0 Å². The van der Waals surface area contributed by atoms with Crippen molar-refractivity contribution < 1.29 is 4.79 Å². The minimum absolute atomic E-state index is 0.00410. The summed E-state index contributed by atoms with van der Waals surface area (Å²) < 4.78 is 0. The summed E-state index contributed by atoms with van der Waals surface area (Å²) in [5, 5.41) is 6.55. The molecule has 1 fully saturated rings. The smallest absolute Gasteiger partial charge is 0.237 e. The Kier molecular flexibility index (Phi) is 5.60. The third kappa shape index (κ3) is 3.60. The molecule has 0 spiro atoms. The van der Waals surface area contributed by atoms with E-state index in [1.54, 1.807) is 0 Å². The molecular weight excluding hydrogens is 248 g/mol. The number of carbonyl (C=O) groups excluding carboxylic acids is 1. The van der Waals surface area contributed by atoms with Gasteiger partial charge in [-0.1, -0.05) is 57.0 Å². The molecule has 0 aliphatic carbocycles. The van der Waals surface area contributed by atoms with E-state index in [9.17, 15) is 4.79 Å². The van der Waals surface area contributed by atoms with Gasteiger partial charge in [-0.15, -0.1) is 0 Å². The SMILES string of the molecule is CCC(CC)C(NC(=O)C1CCCN1)c1ccccc1. The second-order valence-electron chi connectivity index (χ2n) is 5.62. The first-order valence-electron chi connectivity index (χ1n) is 7.85. The first-order chi connectivity index (χ1) is 9.76. The molecule has 1 heterocycles. The van der Waals surface area contributed by atoms with Crippen molar-refractivity contribution in [2.24, 2.45) is 5.92 Å². The van der Waals surface area contributed by atoms with E-state index in [2.05, 4.69) is 36.6 Å². The predicted octanol–water partition coefficient (Wildman–Crippen LogP) is 3.03. The molecule has 1 aromatic rings. The minimum Gasteiger partial charge on any atom is -0.348 e. The Hall–Kier alpha value is -1.35. The van der Waals surface area contributed by atoms with E-state index < -0.39 is 0 Å². The monoisotopic (exact) mass is 274 g/mol. The first kappa shape index (κ1) is 15.0. The van der Waals surface area contributed by atoms with E-state index in [-0.39, 0.29) is 18.0 Å².